The fourth-order valence-electron chi connectivity index (χ4n) is 2.21. The molecule has 1 aliphatic rings. The number of allylic oxidation sites excluding steroid dienone is 4. The monoisotopic (exact) mass is 345 g/mol. The van der Waals surface area contributed by atoms with E-state index in [1.165, 1.54) is 4.90 Å². The van der Waals surface area contributed by atoms with Gasteiger partial charge in [-0.15, -0.1) is 5.10 Å². The number of aromatic nitrogens is 3. The molecule has 0 spiro atoms. The SMILES string of the molecule is C=C/C=C(\C=C)c1nc(NC(=O)[C@@H]2CCN2C(=O)OC(C)(C)C)n[nH]1. The summed E-state index contributed by atoms with van der Waals surface area (Å²) in [7, 11) is 0. The first kappa shape index (κ1) is 18.4. The van der Waals surface area contributed by atoms with Crippen molar-refractivity contribution < 1.29 is 14.3 Å². The number of H-pyrrole nitrogens is 1. The van der Waals surface area contributed by atoms with Gasteiger partial charge in [0.15, 0.2) is 5.82 Å². The maximum atomic E-state index is 12.3. The van der Waals surface area contributed by atoms with Gasteiger partial charge in [0.05, 0.1) is 0 Å². The van der Waals surface area contributed by atoms with Crippen LogP contribution >= 0.6 is 0 Å². The van der Waals surface area contributed by atoms with Crippen molar-refractivity contribution in [2.75, 3.05) is 11.9 Å². The Labute approximate surface area is 146 Å². The number of amides is 2. The average molecular weight is 345 g/mol. The molecule has 0 aromatic carbocycles. The molecule has 0 unspecified atom stereocenters. The van der Waals surface area contributed by atoms with Gasteiger partial charge in [0.2, 0.25) is 11.9 Å². The Morgan fingerprint density at radius 3 is 2.64 bits per heavy atom. The van der Waals surface area contributed by atoms with Crippen LogP contribution in [0.15, 0.2) is 31.4 Å². The highest BCUT2D eigenvalue weighted by molar-refractivity contribution is 5.96. The quantitative estimate of drug-likeness (QED) is 0.799. The molecule has 2 rings (SSSR count). The van der Waals surface area contributed by atoms with E-state index in [0.29, 0.717) is 24.4 Å². The highest BCUT2D eigenvalue weighted by Gasteiger charge is 2.40. The predicted molar refractivity (Wildman–Crippen MR) is 94.7 cm³/mol. The summed E-state index contributed by atoms with van der Waals surface area (Å²) in [4.78, 5) is 30.0. The Morgan fingerprint density at radius 2 is 2.12 bits per heavy atom. The largest absolute Gasteiger partial charge is 0.444 e. The summed E-state index contributed by atoms with van der Waals surface area (Å²) in [6.45, 7) is 13.1. The minimum Gasteiger partial charge on any atom is -0.444 e. The molecule has 1 saturated heterocycles. The van der Waals surface area contributed by atoms with E-state index in [1.54, 1.807) is 39.0 Å². The van der Waals surface area contributed by atoms with E-state index in [1.807, 2.05) is 0 Å². The van der Waals surface area contributed by atoms with Crippen LogP contribution in [0.3, 0.4) is 0 Å². The Bertz CT molecular complexity index is 714. The number of carbonyl (C=O) groups excluding carboxylic acids is 2. The van der Waals surface area contributed by atoms with Crippen LogP contribution in [0.1, 0.15) is 33.0 Å². The van der Waals surface area contributed by atoms with Gasteiger partial charge in [0, 0.05) is 12.1 Å². The minimum atomic E-state index is -0.606. The van der Waals surface area contributed by atoms with Crippen molar-refractivity contribution in [3.63, 3.8) is 0 Å². The van der Waals surface area contributed by atoms with E-state index in [4.69, 9.17) is 4.74 Å². The van der Waals surface area contributed by atoms with E-state index < -0.39 is 17.7 Å². The third-order valence-electron chi connectivity index (χ3n) is 3.46. The fourth-order valence-corrected chi connectivity index (χ4v) is 2.21. The van der Waals surface area contributed by atoms with Crippen LogP contribution < -0.4 is 5.32 Å². The van der Waals surface area contributed by atoms with Crippen molar-refractivity contribution in [3.05, 3.63) is 37.2 Å². The van der Waals surface area contributed by atoms with Crippen molar-refractivity contribution in [1.82, 2.24) is 20.1 Å². The molecule has 1 atom stereocenters. The van der Waals surface area contributed by atoms with E-state index in [-0.39, 0.29) is 11.9 Å². The molecule has 1 aromatic rings. The third-order valence-corrected chi connectivity index (χ3v) is 3.46. The standard InChI is InChI=1S/C17H23N5O3/c1-6-8-11(7-2)13-18-15(21-20-13)19-14(23)12-9-10-22(12)16(24)25-17(3,4)5/h6-8,12H,1-2,9-10H2,3-5H3,(H2,18,19,20,21,23)/b11-8+/t12-/m0/s1. The summed E-state index contributed by atoms with van der Waals surface area (Å²) in [6, 6.07) is -0.584. The maximum absolute atomic E-state index is 12.3. The molecule has 2 N–H and O–H groups in total. The Morgan fingerprint density at radius 1 is 1.40 bits per heavy atom. The number of nitrogens with one attached hydrogen (secondary N) is 2. The lowest BCUT2D eigenvalue weighted by molar-refractivity contribution is -0.125. The molecule has 25 heavy (non-hydrogen) atoms. The fraction of sp³-hybridized carbons (Fsp3) is 0.412. The molecule has 0 bridgehead atoms. The highest BCUT2D eigenvalue weighted by atomic mass is 16.6. The van der Waals surface area contributed by atoms with Gasteiger partial charge in [-0.1, -0.05) is 31.4 Å². The third kappa shape index (κ3) is 4.56. The number of carbonyl (C=O) groups is 2. The number of hydrogen-bond acceptors (Lipinski definition) is 5. The first-order chi connectivity index (χ1) is 11.7. The first-order valence-electron chi connectivity index (χ1n) is 7.93. The van der Waals surface area contributed by atoms with Gasteiger partial charge in [0.1, 0.15) is 11.6 Å². The number of likely N-dealkylation sites (tertiary alicyclic amines) is 1. The summed E-state index contributed by atoms with van der Waals surface area (Å²) >= 11 is 0. The van der Waals surface area contributed by atoms with Crippen molar-refractivity contribution in [1.29, 1.82) is 0 Å². The van der Waals surface area contributed by atoms with E-state index in [0.717, 1.165) is 0 Å². The predicted octanol–water partition coefficient (Wildman–Crippen LogP) is 2.51. The maximum Gasteiger partial charge on any atom is 0.410 e. The van der Waals surface area contributed by atoms with Crippen molar-refractivity contribution in [2.24, 2.45) is 0 Å². The highest BCUT2D eigenvalue weighted by Crippen LogP contribution is 2.22. The number of ether oxygens (including phenoxy) is 1. The van der Waals surface area contributed by atoms with Gasteiger partial charge in [-0.25, -0.2) is 4.79 Å². The summed E-state index contributed by atoms with van der Waals surface area (Å²) in [5, 5.41) is 9.27. The summed E-state index contributed by atoms with van der Waals surface area (Å²) in [5.74, 6) is 0.242. The second-order valence-electron chi connectivity index (χ2n) is 6.54. The smallest absolute Gasteiger partial charge is 0.410 e. The van der Waals surface area contributed by atoms with Crippen LogP contribution in [-0.4, -0.2) is 50.3 Å². The van der Waals surface area contributed by atoms with Gasteiger partial charge >= 0.3 is 6.09 Å². The zero-order valence-electron chi connectivity index (χ0n) is 14.7. The first-order valence-corrected chi connectivity index (χ1v) is 7.93. The number of nitrogens with zero attached hydrogens (tertiary/aromatic N) is 3. The molecule has 1 fully saturated rings. The van der Waals surface area contributed by atoms with Crippen LogP contribution in [0.4, 0.5) is 10.7 Å². The van der Waals surface area contributed by atoms with Gasteiger partial charge in [-0.3, -0.25) is 20.1 Å². The lowest BCUT2D eigenvalue weighted by atomic mass is 10.0. The molecule has 0 radical (unpaired) electrons. The number of aromatic amines is 1. The van der Waals surface area contributed by atoms with Crippen LogP contribution in [-0.2, 0) is 9.53 Å². The lowest BCUT2D eigenvalue weighted by Gasteiger charge is -2.39. The second kappa shape index (κ2) is 7.33. The van der Waals surface area contributed by atoms with E-state index in [9.17, 15) is 9.59 Å². The Hall–Kier alpha value is -2.90. The van der Waals surface area contributed by atoms with Crippen LogP contribution in [0.2, 0.25) is 0 Å². The normalized spacial score (nSPS) is 17.5. The van der Waals surface area contributed by atoms with E-state index >= 15 is 0 Å². The topological polar surface area (TPSA) is 100 Å². The second-order valence-corrected chi connectivity index (χ2v) is 6.54. The molecule has 8 heteroatoms. The minimum absolute atomic E-state index is 0.132. The van der Waals surface area contributed by atoms with Gasteiger partial charge in [0.25, 0.3) is 0 Å². The summed E-state index contributed by atoms with van der Waals surface area (Å²) in [5.41, 5.74) is 0.0901. The Kier molecular flexibility index (Phi) is 5.41. The molecule has 134 valence electrons. The molecule has 1 aromatic heterocycles. The molecule has 0 aliphatic carbocycles. The summed E-state index contributed by atoms with van der Waals surface area (Å²) < 4.78 is 5.29. The molecule has 8 nitrogen and oxygen atoms in total. The van der Waals surface area contributed by atoms with Gasteiger partial charge < -0.3 is 4.74 Å². The molecule has 2 heterocycles. The zero-order chi connectivity index (χ0) is 18.6. The van der Waals surface area contributed by atoms with Gasteiger partial charge in [-0.2, -0.15) is 4.98 Å². The van der Waals surface area contributed by atoms with Crippen LogP contribution in [0.25, 0.3) is 5.57 Å². The molecule has 0 saturated carbocycles. The van der Waals surface area contributed by atoms with Crippen molar-refractivity contribution in [3.8, 4) is 0 Å². The molecular weight excluding hydrogens is 322 g/mol. The molecular formula is C17H23N5O3. The van der Waals surface area contributed by atoms with Crippen molar-refractivity contribution >= 4 is 23.5 Å². The Balaban J connectivity index is 2.00. The van der Waals surface area contributed by atoms with Crippen molar-refractivity contribution in [2.45, 2.75) is 38.8 Å². The number of hydrogen-bond donors (Lipinski definition) is 2. The zero-order valence-corrected chi connectivity index (χ0v) is 14.7. The van der Waals surface area contributed by atoms with E-state index in [2.05, 4.69) is 33.7 Å². The van der Waals surface area contributed by atoms with Gasteiger partial charge in [-0.05, 0) is 27.2 Å². The average Bonchev–Trinajstić information content (AvgIpc) is 2.89. The number of anilines is 1. The molecule has 1 aliphatic heterocycles. The molecule has 2 amide bonds. The lowest BCUT2D eigenvalue weighted by Crippen LogP contribution is -2.57. The summed E-state index contributed by atoms with van der Waals surface area (Å²) in [6.07, 6.45) is 4.98. The van der Waals surface area contributed by atoms with Crippen LogP contribution in [0, 0.1) is 0 Å². The number of rotatable bonds is 5. The van der Waals surface area contributed by atoms with Crippen LogP contribution in [0.5, 0.6) is 0 Å².